The van der Waals surface area contributed by atoms with E-state index in [0.717, 1.165) is 74.1 Å². The number of rotatable bonds is 14. The van der Waals surface area contributed by atoms with E-state index >= 15 is 0 Å². The summed E-state index contributed by atoms with van der Waals surface area (Å²) in [5, 5.41) is 15.0. The van der Waals surface area contributed by atoms with Gasteiger partial charge in [0.05, 0.1) is 9.82 Å². The van der Waals surface area contributed by atoms with E-state index in [1.807, 2.05) is 12.1 Å². The fraction of sp³-hybridized carbons (Fsp3) is 0.444. The van der Waals surface area contributed by atoms with Gasteiger partial charge in [0.2, 0.25) is 0 Å². The second kappa shape index (κ2) is 16.2. The summed E-state index contributed by atoms with van der Waals surface area (Å²) in [6.07, 6.45) is 10.3. The molecule has 4 atom stereocenters. The Hall–Kier alpha value is -4.70. The molecule has 4 aliphatic carbocycles. The molecule has 2 N–H and O–H groups in total. The van der Waals surface area contributed by atoms with Gasteiger partial charge in [-0.2, -0.15) is 0 Å². The maximum absolute atomic E-state index is 13.2. The largest absolute Gasteiger partial charge is 0.379 e. The lowest BCUT2D eigenvalue weighted by Gasteiger charge is -2.63. The van der Waals surface area contributed by atoms with E-state index in [1.54, 1.807) is 12.1 Å². The normalized spacial score (nSPS) is 21.9. The summed E-state index contributed by atoms with van der Waals surface area (Å²) in [4.78, 5) is 26.7. The number of nitrogens with one attached hydrogen (secondary N) is 2. The maximum Gasteiger partial charge on any atom is 0.293 e. The smallest absolute Gasteiger partial charge is 0.293 e. The number of nitrogens with zero attached hydrogens (tertiary/aromatic N) is 2. The van der Waals surface area contributed by atoms with Crippen LogP contribution in [0.1, 0.15) is 88.1 Å². The maximum atomic E-state index is 13.2. The van der Waals surface area contributed by atoms with Gasteiger partial charge < -0.3 is 10.2 Å². The molecule has 10 heteroatoms. The van der Waals surface area contributed by atoms with Crippen LogP contribution < -0.4 is 14.9 Å². The summed E-state index contributed by atoms with van der Waals surface area (Å²) in [6, 6.07) is 30.4. The summed E-state index contributed by atoms with van der Waals surface area (Å²) in [5.74, 6) is 1.74. The van der Waals surface area contributed by atoms with Gasteiger partial charge in [-0.3, -0.25) is 14.9 Å². The average Bonchev–Trinajstić information content (AvgIpc) is 3.19. The Balaban J connectivity index is 1.01. The summed E-state index contributed by atoms with van der Waals surface area (Å²) >= 11 is 0. The molecule has 55 heavy (non-hydrogen) atoms. The second-order valence-electron chi connectivity index (χ2n) is 16.7. The molecule has 4 fully saturated rings. The van der Waals surface area contributed by atoms with Gasteiger partial charge in [-0.1, -0.05) is 94.6 Å². The fourth-order valence-electron chi connectivity index (χ4n) is 9.64. The zero-order chi connectivity index (χ0) is 38.7. The Labute approximate surface area is 326 Å². The lowest BCUT2D eigenvalue weighted by molar-refractivity contribution is -0.384. The molecule has 8 rings (SSSR count). The molecular formula is C45H54N4O5S. The quantitative estimate of drug-likeness (QED) is 0.0969. The van der Waals surface area contributed by atoms with Gasteiger partial charge in [-0.15, -0.1) is 0 Å². The number of carbonyl (C=O) groups is 1. The van der Waals surface area contributed by atoms with Gasteiger partial charge in [0.15, 0.2) is 0 Å². The molecular weight excluding hydrogens is 709 g/mol. The predicted octanol–water partition coefficient (Wildman–Crippen LogP) is 9.88. The Morgan fingerprint density at radius 3 is 2.20 bits per heavy atom. The van der Waals surface area contributed by atoms with Crippen molar-refractivity contribution < 1.29 is 18.1 Å². The minimum absolute atomic E-state index is 0.168. The van der Waals surface area contributed by atoms with E-state index < -0.39 is 20.9 Å². The van der Waals surface area contributed by atoms with Gasteiger partial charge in [0.1, 0.15) is 5.69 Å². The van der Waals surface area contributed by atoms with Crippen molar-refractivity contribution in [2.45, 2.75) is 89.5 Å². The number of benzene rings is 4. The Morgan fingerprint density at radius 1 is 0.891 bits per heavy atom. The van der Waals surface area contributed by atoms with Crippen molar-refractivity contribution in [3.63, 3.8) is 0 Å². The number of hydrogen-bond acceptors (Lipinski definition) is 7. The Kier molecular flexibility index (Phi) is 11.3. The SMILES string of the molecule is C[C@@H]1[C@@H](N(CCCc2ccccc2)c2ccc(-c3ccc(C(=O)NS(=O)(=O)c4ccc(NCC5CCCCC5)c([N+](=O)[O-])c4)cc3)cc2)C[C@H]2C[C@@H]1C2(C)C. The number of hydrogen-bond donors (Lipinski definition) is 2. The van der Waals surface area contributed by atoms with Crippen molar-refractivity contribution in [2.75, 3.05) is 23.3 Å². The molecule has 4 aliphatic rings. The fourth-order valence-corrected chi connectivity index (χ4v) is 10.6. The van der Waals surface area contributed by atoms with Crippen molar-refractivity contribution in [3.05, 3.63) is 118 Å². The zero-order valence-electron chi connectivity index (χ0n) is 32.2. The number of sulfonamides is 1. The van der Waals surface area contributed by atoms with Crippen LogP contribution in [0.4, 0.5) is 17.1 Å². The first kappa shape index (κ1) is 38.6. The molecule has 4 aromatic carbocycles. The van der Waals surface area contributed by atoms with Crippen LogP contribution in [0.2, 0.25) is 0 Å². The van der Waals surface area contributed by atoms with Crippen LogP contribution in [0.25, 0.3) is 11.1 Å². The lowest BCUT2D eigenvalue weighted by Crippen LogP contribution is -2.61. The standard InChI is InChI=1S/C45H54N4O5S/c1-31-40-27-37(45(40,2)3)28-42(31)48(26-10-15-32-11-6-4-7-12-32)38-22-20-35(21-23-38)34-16-18-36(19-17-34)44(50)47-55(53,54)39-24-25-41(43(29-39)49(51)52)46-30-33-13-8-5-9-14-33/h4,6-7,11-12,16-25,29,31,33,37,40,42,46H,5,8-10,13-15,26-28,30H2,1-3H3,(H,47,50)/t31-,37+,40-,42-/m0/s1. The average molecular weight is 763 g/mol. The first-order chi connectivity index (χ1) is 26.4. The van der Waals surface area contributed by atoms with Crippen LogP contribution in [0.5, 0.6) is 0 Å². The van der Waals surface area contributed by atoms with Crippen LogP contribution in [0.3, 0.4) is 0 Å². The number of aryl methyl sites for hydroxylation is 1. The van der Waals surface area contributed by atoms with Gasteiger partial charge in [-0.25, -0.2) is 13.1 Å². The number of carbonyl (C=O) groups excluding carboxylic acids is 1. The Morgan fingerprint density at radius 2 is 1.56 bits per heavy atom. The molecule has 290 valence electrons. The molecule has 2 bridgehead atoms. The third kappa shape index (κ3) is 8.44. The molecule has 0 radical (unpaired) electrons. The summed E-state index contributed by atoms with van der Waals surface area (Å²) in [7, 11) is -4.37. The van der Waals surface area contributed by atoms with E-state index in [9.17, 15) is 23.3 Å². The molecule has 0 spiro atoms. The molecule has 0 saturated heterocycles. The van der Waals surface area contributed by atoms with Crippen molar-refractivity contribution in [1.29, 1.82) is 0 Å². The van der Waals surface area contributed by atoms with E-state index in [2.05, 4.69) is 90.3 Å². The monoisotopic (exact) mass is 762 g/mol. The van der Waals surface area contributed by atoms with Gasteiger partial charge in [0, 0.05) is 36.4 Å². The van der Waals surface area contributed by atoms with Crippen molar-refractivity contribution in [2.24, 2.45) is 29.1 Å². The van der Waals surface area contributed by atoms with Crippen molar-refractivity contribution in [3.8, 4) is 11.1 Å². The summed E-state index contributed by atoms with van der Waals surface area (Å²) in [6.45, 7) is 8.93. The second-order valence-corrected chi connectivity index (χ2v) is 18.4. The highest BCUT2D eigenvalue weighted by molar-refractivity contribution is 7.90. The van der Waals surface area contributed by atoms with Crippen LogP contribution in [0.15, 0.2) is 102 Å². The van der Waals surface area contributed by atoms with Crippen LogP contribution in [-0.4, -0.2) is 38.4 Å². The Bertz CT molecular complexity index is 2080. The first-order valence-electron chi connectivity index (χ1n) is 20.0. The molecule has 0 aliphatic heterocycles. The van der Waals surface area contributed by atoms with Gasteiger partial charge in [0.25, 0.3) is 21.6 Å². The molecule has 1 amide bonds. The van der Waals surface area contributed by atoms with Gasteiger partial charge in [-0.05, 0) is 121 Å². The zero-order valence-corrected chi connectivity index (χ0v) is 33.1. The van der Waals surface area contributed by atoms with E-state index in [-0.39, 0.29) is 21.8 Å². The van der Waals surface area contributed by atoms with Crippen LogP contribution >= 0.6 is 0 Å². The topological polar surface area (TPSA) is 122 Å². The van der Waals surface area contributed by atoms with Crippen LogP contribution in [0, 0.1) is 39.2 Å². The molecule has 0 unspecified atom stereocenters. The minimum atomic E-state index is -4.37. The van der Waals surface area contributed by atoms with E-state index in [4.69, 9.17) is 0 Å². The van der Waals surface area contributed by atoms with Gasteiger partial charge >= 0.3 is 0 Å². The number of nitro benzene ring substituents is 1. The minimum Gasteiger partial charge on any atom is -0.379 e. The lowest BCUT2D eigenvalue weighted by atomic mass is 9.44. The highest BCUT2D eigenvalue weighted by atomic mass is 32.2. The molecule has 4 saturated carbocycles. The third-order valence-corrected chi connectivity index (χ3v) is 14.4. The molecule has 0 heterocycles. The molecule has 9 nitrogen and oxygen atoms in total. The molecule has 0 aromatic heterocycles. The van der Waals surface area contributed by atoms with E-state index in [0.29, 0.717) is 29.8 Å². The van der Waals surface area contributed by atoms with Crippen LogP contribution in [-0.2, 0) is 16.4 Å². The van der Waals surface area contributed by atoms with E-state index in [1.165, 1.54) is 42.6 Å². The van der Waals surface area contributed by atoms with Crippen molar-refractivity contribution >= 4 is 33.0 Å². The summed E-state index contributed by atoms with van der Waals surface area (Å²) in [5.41, 5.74) is 5.00. The summed E-state index contributed by atoms with van der Waals surface area (Å²) < 4.78 is 28.6. The third-order valence-electron chi connectivity index (χ3n) is 13.1. The number of anilines is 2. The number of nitro groups is 1. The van der Waals surface area contributed by atoms with Crippen molar-refractivity contribution in [1.82, 2.24) is 4.72 Å². The number of amides is 1. The predicted molar refractivity (Wildman–Crippen MR) is 220 cm³/mol. The highest BCUT2D eigenvalue weighted by Crippen LogP contribution is 2.62. The first-order valence-corrected chi connectivity index (χ1v) is 21.5. The molecule has 4 aromatic rings. The highest BCUT2D eigenvalue weighted by Gasteiger charge is 2.57. The number of fused-ring (bicyclic) bond motifs is 2.